The average Bonchev–Trinajstić information content (AvgIpc) is 3.00. The minimum absolute atomic E-state index is 0.236. The van der Waals surface area contributed by atoms with Crippen molar-refractivity contribution in [1.29, 1.82) is 0 Å². The van der Waals surface area contributed by atoms with E-state index in [1.165, 1.54) is 6.07 Å². The topological polar surface area (TPSA) is 90.0 Å². The molecule has 0 atom stereocenters. The van der Waals surface area contributed by atoms with Crippen LogP contribution in [0.15, 0.2) is 48.5 Å². The number of nitrogens with two attached hydrogens (primary N) is 1. The Morgan fingerprint density at radius 3 is 2.58 bits per heavy atom. The molecule has 6 heteroatoms. The van der Waals surface area contributed by atoms with E-state index < -0.39 is 5.91 Å². The van der Waals surface area contributed by atoms with E-state index in [-0.39, 0.29) is 11.9 Å². The Morgan fingerprint density at radius 1 is 1.12 bits per heavy atom. The van der Waals surface area contributed by atoms with Gasteiger partial charge in [0.25, 0.3) is 5.91 Å². The third-order valence-corrected chi connectivity index (χ3v) is 4.23. The predicted octanol–water partition coefficient (Wildman–Crippen LogP) is 2.69. The lowest BCUT2D eigenvalue weighted by molar-refractivity contribution is 0.0954. The molecule has 3 N–H and O–H groups in total. The molecule has 0 saturated carbocycles. The van der Waals surface area contributed by atoms with Gasteiger partial charge in [-0.25, -0.2) is 4.98 Å². The molecule has 0 spiro atoms. The molecule has 1 heterocycles. The normalized spacial score (nSPS) is 11.0. The first-order valence-corrected chi connectivity index (χ1v) is 8.61. The highest BCUT2D eigenvalue weighted by atomic mass is 16.2. The third-order valence-electron chi connectivity index (χ3n) is 4.23. The van der Waals surface area contributed by atoms with E-state index in [0.717, 1.165) is 16.9 Å². The number of imidazole rings is 1. The fraction of sp³-hybridized carbons (Fsp3) is 0.250. The highest BCUT2D eigenvalue weighted by Gasteiger charge is 2.13. The van der Waals surface area contributed by atoms with Crippen LogP contribution in [0.1, 0.15) is 46.4 Å². The average molecular weight is 350 g/mol. The number of nitrogens with zero attached hydrogens (tertiary/aromatic N) is 2. The van der Waals surface area contributed by atoms with Crippen LogP contribution >= 0.6 is 0 Å². The Hall–Kier alpha value is -3.15. The highest BCUT2D eigenvalue weighted by molar-refractivity contribution is 5.99. The molecular weight excluding hydrogens is 328 g/mol. The number of carbonyl (C=O) groups is 2. The van der Waals surface area contributed by atoms with Crippen molar-refractivity contribution in [2.45, 2.75) is 26.3 Å². The zero-order valence-electron chi connectivity index (χ0n) is 14.9. The maximum Gasteiger partial charge on any atom is 0.251 e. The van der Waals surface area contributed by atoms with Crippen LogP contribution in [0.3, 0.4) is 0 Å². The first-order valence-electron chi connectivity index (χ1n) is 8.61. The van der Waals surface area contributed by atoms with Gasteiger partial charge >= 0.3 is 0 Å². The van der Waals surface area contributed by atoms with Gasteiger partial charge in [-0.3, -0.25) is 9.59 Å². The Morgan fingerprint density at radius 2 is 1.85 bits per heavy atom. The van der Waals surface area contributed by atoms with Gasteiger partial charge in [0.1, 0.15) is 5.82 Å². The fourth-order valence-corrected chi connectivity index (χ4v) is 3.05. The number of fused-ring (bicyclic) bond motifs is 1. The summed E-state index contributed by atoms with van der Waals surface area (Å²) in [6.07, 6.45) is 0.619. The molecule has 26 heavy (non-hydrogen) atoms. The van der Waals surface area contributed by atoms with E-state index in [2.05, 4.69) is 29.8 Å². The standard InChI is InChI=1S/C20H22N4O2/c1-13(2)24-17-9-4-3-8-16(17)23-18(24)10-11-22-20(26)15-7-5-6-14(12-15)19(21)25/h3-9,12-13H,10-11H2,1-2H3,(H2,21,25)(H,22,26). The summed E-state index contributed by atoms with van der Waals surface area (Å²) in [5.74, 6) is 0.151. The number of primary amides is 1. The summed E-state index contributed by atoms with van der Waals surface area (Å²) < 4.78 is 2.19. The second-order valence-electron chi connectivity index (χ2n) is 6.43. The summed E-state index contributed by atoms with van der Waals surface area (Å²) in [4.78, 5) is 28.2. The van der Waals surface area contributed by atoms with Crippen molar-refractivity contribution in [3.63, 3.8) is 0 Å². The molecule has 0 saturated heterocycles. The van der Waals surface area contributed by atoms with E-state index in [1.54, 1.807) is 18.2 Å². The molecule has 6 nitrogen and oxygen atoms in total. The summed E-state index contributed by atoms with van der Waals surface area (Å²) >= 11 is 0. The van der Waals surface area contributed by atoms with Crippen molar-refractivity contribution in [3.05, 3.63) is 65.5 Å². The van der Waals surface area contributed by atoms with Gasteiger partial charge in [-0.2, -0.15) is 0 Å². The Balaban J connectivity index is 1.71. The van der Waals surface area contributed by atoms with Crippen molar-refractivity contribution < 1.29 is 9.59 Å². The third kappa shape index (κ3) is 3.59. The molecule has 134 valence electrons. The van der Waals surface area contributed by atoms with Crippen LogP contribution in [0.25, 0.3) is 11.0 Å². The molecule has 0 aliphatic carbocycles. The maximum absolute atomic E-state index is 12.3. The minimum atomic E-state index is -0.551. The largest absolute Gasteiger partial charge is 0.366 e. The van der Waals surface area contributed by atoms with Gasteiger partial charge in [-0.05, 0) is 44.2 Å². The first-order chi connectivity index (χ1) is 12.5. The molecule has 2 amide bonds. The van der Waals surface area contributed by atoms with Crippen molar-refractivity contribution in [2.24, 2.45) is 5.73 Å². The van der Waals surface area contributed by atoms with E-state index in [9.17, 15) is 9.59 Å². The summed E-state index contributed by atoms with van der Waals surface area (Å²) in [6.45, 7) is 4.69. The van der Waals surface area contributed by atoms with E-state index in [0.29, 0.717) is 24.1 Å². The lowest BCUT2D eigenvalue weighted by Gasteiger charge is -2.13. The molecule has 0 aliphatic rings. The molecule has 0 fully saturated rings. The molecule has 1 aromatic heterocycles. The lowest BCUT2D eigenvalue weighted by Crippen LogP contribution is -2.27. The number of para-hydroxylation sites is 2. The minimum Gasteiger partial charge on any atom is -0.366 e. The molecule has 3 rings (SSSR count). The maximum atomic E-state index is 12.3. The van der Waals surface area contributed by atoms with Gasteiger partial charge in [0, 0.05) is 30.1 Å². The quantitative estimate of drug-likeness (QED) is 0.716. The van der Waals surface area contributed by atoms with Crippen LogP contribution in [0, 0.1) is 0 Å². The van der Waals surface area contributed by atoms with Gasteiger partial charge in [-0.1, -0.05) is 18.2 Å². The van der Waals surface area contributed by atoms with Gasteiger partial charge in [0.05, 0.1) is 11.0 Å². The Kier molecular flexibility index (Phi) is 5.02. The van der Waals surface area contributed by atoms with E-state index in [1.807, 2.05) is 18.2 Å². The number of rotatable bonds is 6. The molecule has 2 aromatic carbocycles. The van der Waals surface area contributed by atoms with Crippen LogP contribution < -0.4 is 11.1 Å². The molecule has 0 aliphatic heterocycles. The summed E-state index contributed by atoms with van der Waals surface area (Å²) in [5, 5.41) is 2.88. The van der Waals surface area contributed by atoms with Crippen LogP contribution in [0.2, 0.25) is 0 Å². The first kappa shape index (κ1) is 17.7. The number of hydrogen-bond donors (Lipinski definition) is 2. The second-order valence-corrected chi connectivity index (χ2v) is 6.43. The zero-order valence-corrected chi connectivity index (χ0v) is 14.9. The Labute approximate surface area is 152 Å². The number of hydrogen-bond acceptors (Lipinski definition) is 3. The molecule has 0 radical (unpaired) electrons. The number of benzene rings is 2. The highest BCUT2D eigenvalue weighted by Crippen LogP contribution is 2.21. The molecule has 0 bridgehead atoms. The van der Waals surface area contributed by atoms with Gasteiger partial charge < -0.3 is 15.6 Å². The molecule has 3 aromatic rings. The van der Waals surface area contributed by atoms with Gasteiger partial charge in [0.15, 0.2) is 0 Å². The van der Waals surface area contributed by atoms with Crippen LogP contribution in [-0.2, 0) is 6.42 Å². The van der Waals surface area contributed by atoms with Crippen LogP contribution in [-0.4, -0.2) is 27.9 Å². The number of nitrogens with one attached hydrogen (secondary N) is 1. The zero-order chi connectivity index (χ0) is 18.7. The van der Waals surface area contributed by atoms with Crippen LogP contribution in [0.5, 0.6) is 0 Å². The van der Waals surface area contributed by atoms with Crippen molar-refractivity contribution >= 4 is 22.8 Å². The summed E-state index contributed by atoms with van der Waals surface area (Å²) in [6, 6.07) is 14.7. The summed E-state index contributed by atoms with van der Waals surface area (Å²) in [5.41, 5.74) is 8.04. The lowest BCUT2D eigenvalue weighted by atomic mass is 10.1. The van der Waals surface area contributed by atoms with Crippen molar-refractivity contribution in [1.82, 2.24) is 14.9 Å². The Bertz CT molecular complexity index is 959. The number of aromatic nitrogens is 2. The van der Waals surface area contributed by atoms with E-state index in [4.69, 9.17) is 10.7 Å². The molecular formula is C20H22N4O2. The SMILES string of the molecule is CC(C)n1c(CCNC(=O)c2cccc(C(N)=O)c2)nc2ccccc21. The fourth-order valence-electron chi connectivity index (χ4n) is 3.05. The number of carbonyl (C=O) groups excluding carboxylic acids is 2. The monoisotopic (exact) mass is 350 g/mol. The smallest absolute Gasteiger partial charge is 0.251 e. The van der Waals surface area contributed by atoms with Gasteiger partial charge in [0.2, 0.25) is 5.91 Å². The molecule has 0 unspecified atom stereocenters. The van der Waals surface area contributed by atoms with E-state index >= 15 is 0 Å². The second kappa shape index (κ2) is 7.39. The number of amides is 2. The predicted molar refractivity (Wildman–Crippen MR) is 101 cm³/mol. The van der Waals surface area contributed by atoms with Gasteiger partial charge in [-0.15, -0.1) is 0 Å². The van der Waals surface area contributed by atoms with Crippen molar-refractivity contribution in [2.75, 3.05) is 6.54 Å². The summed E-state index contributed by atoms with van der Waals surface area (Å²) in [7, 11) is 0. The van der Waals surface area contributed by atoms with Crippen LogP contribution in [0.4, 0.5) is 0 Å². The van der Waals surface area contributed by atoms with Crippen molar-refractivity contribution in [3.8, 4) is 0 Å².